The Balaban J connectivity index is 1.80. The molecule has 30 heavy (non-hydrogen) atoms. The highest BCUT2D eigenvalue weighted by atomic mass is 15.4. The van der Waals surface area contributed by atoms with Gasteiger partial charge in [-0.3, -0.25) is 0 Å². The molecule has 0 amide bonds. The summed E-state index contributed by atoms with van der Waals surface area (Å²) in [5, 5.41) is 3.56. The molecule has 0 aliphatic rings. The summed E-state index contributed by atoms with van der Waals surface area (Å²) in [6.07, 6.45) is 4.30. The number of fused-ring (bicyclic) bond motifs is 2. The summed E-state index contributed by atoms with van der Waals surface area (Å²) in [6.45, 7) is 11.9. The highest BCUT2D eigenvalue weighted by Crippen LogP contribution is 2.27. The van der Waals surface area contributed by atoms with Gasteiger partial charge in [-0.15, -0.1) is 9.36 Å². The molecule has 0 aliphatic heterocycles. The lowest BCUT2D eigenvalue weighted by Gasteiger charge is -2.10. The van der Waals surface area contributed by atoms with Crippen molar-refractivity contribution in [3.8, 4) is 11.4 Å². The van der Waals surface area contributed by atoms with E-state index in [0.29, 0.717) is 5.69 Å². The van der Waals surface area contributed by atoms with Crippen molar-refractivity contribution in [2.24, 2.45) is 7.05 Å². The topological polar surface area (TPSA) is 17.0 Å². The van der Waals surface area contributed by atoms with Crippen LogP contribution in [0.15, 0.2) is 79.1 Å². The lowest BCUT2D eigenvalue weighted by Crippen LogP contribution is -2.39. The van der Waals surface area contributed by atoms with Crippen LogP contribution in [0, 0.1) is 20.4 Å². The molecular weight excluding hydrogens is 368 g/mol. The molecule has 0 radical (unpaired) electrons. The quantitative estimate of drug-likeness (QED) is 0.296. The molecule has 5 aromatic rings. The zero-order valence-corrected chi connectivity index (χ0v) is 17.3. The van der Waals surface area contributed by atoms with Crippen LogP contribution in [0.3, 0.4) is 0 Å². The van der Waals surface area contributed by atoms with E-state index >= 15 is 0 Å². The number of rotatable bonds is 2. The van der Waals surface area contributed by atoms with Crippen LogP contribution in [0.4, 0.5) is 5.69 Å². The fraction of sp³-hybridized carbons (Fsp3) is 0.115. The van der Waals surface area contributed by atoms with E-state index in [1.807, 2.05) is 12.1 Å². The summed E-state index contributed by atoms with van der Waals surface area (Å²) in [5.74, 6) is 0. The monoisotopic (exact) mass is 390 g/mol. The predicted octanol–water partition coefficient (Wildman–Crippen LogP) is 5.05. The first-order valence-corrected chi connectivity index (χ1v) is 9.97. The van der Waals surface area contributed by atoms with Crippen LogP contribution in [0.5, 0.6) is 0 Å². The number of hydrogen-bond acceptors (Lipinski definition) is 0. The molecule has 0 saturated heterocycles. The predicted molar refractivity (Wildman–Crippen MR) is 119 cm³/mol. The summed E-state index contributed by atoms with van der Waals surface area (Å²) in [7, 11) is 2.06. The third kappa shape index (κ3) is 2.75. The average molecular weight is 390 g/mol. The first kappa shape index (κ1) is 18.1. The maximum Gasteiger partial charge on any atom is 0.238 e. The molecule has 3 aromatic carbocycles. The Morgan fingerprint density at radius 2 is 1.57 bits per heavy atom. The molecule has 0 saturated carbocycles. The zero-order chi connectivity index (χ0) is 20.8. The molecule has 0 aliphatic carbocycles. The Morgan fingerprint density at radius 1 is 0.867 bits per heavy atom. The number of aromatic nitrogens is 3. The smallest absolute Gasteiger partial charge is 0.238 e. The van der Waals surface area contributed by atoms with Crippen molar-refractivity contribution >= 4 is 27.4 Å². The molecular formula is C26H22N4+2. The van der Waals surface area contributed by atoms with Crippen LogP contribution in [0.2, 0.25) is 0 Å². The first-order valence-electron chi connectivity index (χ1n) is 9.97. The minimum absolute atomic E-state index is 0.628. The van der Waals surface area contributed by atoms with E-state index in [9.17, 15) is 0 Å². The second-order valence-electron chi connectivity index (χ2n) is 7.69. The molecule has 144 valence electrons. The van der Waals surface area contributed by atoms with Gasteiger partial charge in [-0.2, -0.15) is 4.57 Å². The normalized spacial score (nSPS) is 11.1. The van der Waals surface area contributed by atoms with Crippen LogP contribution in [0.25, 0.3) is 37.9 Å². The second-order valence-corrected chi connectivity index (χ2v) is 7.69. The number of para-hydroxylation sites is 1. The largest absolute Gasteiger partial charge is 0.238 e. The van der Waals surface area contributed by atoms with Gasteiger partial charge in [-0.1, -0.05) is 30.3 Å². The fourth-order valence-corrected chi connectivity index (χ4v) is 4.23. The Kier molecular flexibility index (Phi) is 4.11. The molecule has 0 unspecified atom stereocenters. The van der Waals surface area contributed by atoms with Crippen molar-refractivity contribution in [2.45, 2.75) is 13.8 Å². The van der Waals surface area contributed by atoms with E-state index in [1.165, 1.54) is 16.2 Å². The minimum Gasteiger partial charge on any atom is -0.238 e. The lowest BCUT2D eigenvalue weighted by molar-refractivity contribution is -0.720. The molecule has 4 heteroatoms. The highest BCUT2D eigenvalue weighted by molar-refractivity contribution is 5.81. The molecule has 0 N–H and O–H groups in total. The van der Waals surface area contributed by atoms with Gasteiger partial charge in [0.2, 0.25) is 11.2 Å². The molecule has 4 nitrogen and oxygen atoms in total. The Labute approximate surface area is 175 Å². The van der Waals surface area contributed by atoms with Crippen molar-refractivity contribution in [3.63, 3.8) is 0 Å². The van der Waals surface area contributed by atoms with Crippen LogP contribution in [-0.2, 0) is 7.05 Å². The van der Waals surface area contributed by atoms with Crippen molar-refractivity contribution in [2.75, 3.05) is 0 Å². The summed E-state index contributed by atoms with van der Waals surface area (Å²) < 4.78 is 6.46. The maximum atomic E-state index is 7.68. The standard InChI is InChI=1S/C26H22N4/c1-18-13-20-9-5-6-10-21(20)16-29(18)25-14-23(27-3)15-26(19(25)2)30-17-22-11-7-8-12-24(22)28(30)4/h5-17H,1-2,4H3/q+2. The number of pyridine rings is 1. The minimum atomic E-state index is 0.628. The van der Waals surface area contributed by atoms with Gasteiger partial charge in [0.05, 0.1) is 18.2 Å². The number of aryl methyl sites for hydroxylation is 2. The van der Waals surface area contributed by atoms with Gasteiger partial charge in [0.25, 0.3) is 0 Å². The Hall–Kier alpha value is -3.97. The van der Waals surface area contributed by atoms with E-state index in [-0.39, 0.29) is 0 Å². The van der Waals surface area contributed by atoms with E-state index in [4.69, 9.17) is 6.57 Å². The summed E-state index contributed by atoms with van der Waals surface area (Å²) in [4.78, 5) is 3.77. The SMILES string of the molecule is [C-]#[N+]c1cc(-n2cc3ccccc3[n+]2C)c(C)c(-[n+]2cc3ccccc3cc2C)c1. The van der Waals surface area contributed by atoms with Gasteiger partial charge in [-0.05, 0) is 30.5 Å². The van der Waals surface area contributed by atoms with Gasteiger partial charge in [0.1, 0.15) is 5.69 Å². The van der Waals surface area contributed by atoms with Gasteiger partial charge in [0.15, 0.2) is 24.6 Å². The number of nitrogens with zero attached hydrogens (tertiary/aromatic N) is 4. The van der Waals surface area contributed by atoms with Crippen LogP contribution in [0.1, 0.15) is 11.3 Å². The average Bonchev–Trinajstić information content (AvgIpc) is 3.10. The fourth-order valence-electron chi connectivity index (χ4n) is 4.23. The molecule has 2 aromatic heterocycles. The van der Waals surface area contributed by atoms with E-state index in [0.717, 1.165) is 28.1 Å². The maximum absolute atomic E-state index is 7.68. The molecule has 0 bridgehead atoms. The van der Waals surface area contributed by atoms with E-state index in [1.54, 1.807) is 0 Å². The van der Waals surface area contributed by atoms with Gasteiger partial charge in [0, 0.05) is 36.1 Å². The van der Waals surface area contributed by atoms with Crippen molar-refractivity contribution in [1.82, 2.24) is 4.68 Å². The van der Waals surface area contributed by atoms with Gasteiger partial charge >= 0.3 is 0 Å². The van der Waals surface area contributed by atoms with Crippen molar-refractivity contribution < 1.29 is 9.25 Å². The van der Waals surface area contributed by atoms with Crippen molar-refractivity contribution in [1.29, 1.82) is 0 Å². The Morgan fingerprint density at radius 3 is 2.30 bits per heavy atom. The number of benzene rings is 3. The van der Waals surface area contributed by atoms with Crippen LogP contribution >= 0.6 is 0 Å². The van der Waals surface area contributed by atoms with Crippen LogP contribution in [-0.4, -0.2) is 4.68 Å². The molecule has 0 fully saturated rings. The van der Waals surface area contributed by atoms with E-state index in [2.05, 4.69) is 107 Å². The summed E-state index contributed by atoms with van der Waals surface area (Å²) >= 11 is 0. The third-order valence-corrected chi connectivity index (χ3v) is 5.85. The molecule has 5 rings (SSSR count). The van der Waals surface area contributed by atoms with E-state index < -0.39 is 0 Å². The molecule has 2 heterocycles. The molecule has 0 spiro atoms. The highest BCUT2D eigenvalue weighted by Gasteiger charge is 2.23. The zero-order valence-electron chi connectivity index (χ0n) is 17.3. The summed E-state index contributed by atoms with van der Waals surface area (Å²) in [5.41, 5.74) is 6.08. The Bertz CT molecular complexity index is 1490. The summed E-state index contributed by atoms with van der Waals surface area (Å²) in [6, 6.07) is 22.9. The van der Waals surface area contributed by atoms with Crippen molar-refractivity contribution in [3.05, 3.63) is 102 Å². The second kappa shape index (κ2) is 6.82. The van der Waals surface area contributed by atoms with Crippen LogP contribution < -0.4 is 9.25 Å². The third-order valence-electron chi connectivity index (χ3n) is 5.85. The van der Waals surface area contributed by atoms with Gasteiger partial charge < -0.3 is 0 Å². The lowest BCUT2D eigenvalue weighted by atomic mass is 10.1. The first-order chi connectivity index (χ1) is 14.6. The molecule has 0 atom stereocenters. The number of hydrogen-bond donors (Lipinski definition) is 0. The van der Waals surface area contributed by atoms with Gasteiger partial charge in [-0.25, -0.2) is 4.85 Å².